The summed E-state index contributed by atoms with van der Waals surface area (Å²) in [4.78, 5) is 79.3. The molecule has 1 fully saturated rings. The molecule has 4 atom stereocenters. The Labute approximate surface area is 296 Å². The van der Waals surface area contributed by atoms with Gasteiger partial charge in [0, 0.05) is 42.9 Å². The van der Waals surface area contributed by atoms with Crippen LogP contribution in [0.4, 0.5) is 5.69 Å². The highest BCUT2D eigenvalue weighted by Crippen LogP contribution is 2.30. The van der Waals surface area contributed by atoms with Crippen molar-refractivity contribution < 1.29 is 42.3 Å². The fourth-order valence-corrected chi connectivity index (χ4v) is 7.16. The van der Waals surface area contributed by atoms with Crippen molar-refractivity contribution in [1.82, 2.24) is 25.6 Å². The van der Waals surface area contributed by atoms with Crippen molar-refractivity contribution in [2.45, 2.75) is 68.6 Å². The predicted octanol–water partition coefficient (Wildman–Crippen LogP) is -0.435. The molecule has 0 spiro atoms. The maximum atomic E-state index is 13.6. The van der Waals surface area contributed by atoms with Gasteiger partial charge in [0.25, 0.3) is 0 Å². The van der Waals surface area contributed by atoms with E-state index in [2.05, 4.69) is 33.3 Å². The molecule has 1 aliphatic rings. The molecule has 18 heteroatoms. The van der Waals surface area contributed by atoms with Gasteiger partial charge in [-0.15, -0.1) is 0 Å². The Bertz CT molecular complexity index is 1720. The fourth-order valence-electron chi connectivity index (χ4n) is 5.70. The summed E-state index contributed by atoms with van der Waals surface area (Å²) >= 11 is 4.12. The van der Waals surface area contributed by atoms with E-state index in [4.69, 9.17) is 5.73 Å². The van der Waals surface area contributed by atoms with E-state index in [1.54, 1.807) is 38.1 Å². The molecule has 1 aliphatic heterocycles. The zero-order chi connectivity index (χ0) is 37.3. The third kappa shape index (κ3) is 10.3. The van der Waals surface area contributed by atoms with Gasteiger partial charge in [-0.1, -0.05) is 38.1 Å². The summed E-state index contributed by atoms with van der Waals surface area (Å²) in [5.74, 6) is -5.72. The Morgan fingerprint density at radius 2 is 1.64 bits per heavy atom. The highest BCUT2D eigenvalue weighted by Gasteiger charge is 2.40. The lowest BCUT2D eigenvalue weighted by atomic mass is 10.0. The van der Waals surface area contributed by atoms with Crippen LogP contribution in [0.25, 0.3) is 10.8 Å². The molecule has 2 aromatic rings. The molecule has 50 heavy (non-hydrogen) atoms. The van der Waals surface area contributed by atoms with Gasteiger partial charge >= 0.3 is 5.97 Å². The van der Waals surface area contributed by atoms with Gasteiger partial charge in [0.1, 0.15) is 24.2 Å². The number of hydrogen-bond donors (Lipinski definition) is 7. The number of hydrogen-bond acceptors (Lipinski definition) is 10. The summed E-state index contributed by atoms with van der Waals surface area (Å²) in [6.07, 6.45) is 0.169. The highest BCUT2D eigenvalue weighted by molar-refractivity contribution is 7.89. The number of anilines is 1. The van der Waals surface area contributed by atoms with E-state index in [0.717, 1.165) is 10.6 Å². The van der Waals surface area contributed by atoms with Crippen LogP contribution in [0.3, 0.4) is 0 Å². The standard InChI is InChI=1S/C32H45N7O9S2/c1-18(2)14-22(32(45)46)37-30(43)25-11-7-13-39(25)31(44)21(15-27(33)40)36-29(42)23(17-49)35-28(41)16-34-50(47,48)26-12-6-8-19-20(26)9-5-10-24(19)38(3)4/h5-6,8-10,12,18,21-23,25,34,49H,7,11,13-17H2,1-4H3,(H2,33,40)(H,35,41)(H,36,42)(H,37,43)(H,45,46)/t21-,22-,23-,25-/m0/s1. The van der Waals surface area contributed by atoms with E-state index in [0.29, 0.717) is 17.2 Å². The number of nitrogens with zero attached hydrogens (tertiary/aromatic N) is 2. The molecule has 0 saturated carbocycles. The van der Waals surface area contributed by atoms with Gasteiger partial charge in [0.05, 0.1) is 17.9 Å². The van der Waals surface area contributed by atoms with E-state index in [1.807, 2.05) is 25.1 Å². The number of primary amides is 1. The minimum Gasteiger partial charge on any atom is -0.480 e. The number of benzene rings is 2. The summed E-state index contributed by atoms with van der Waals surface area (Å²) in [7, 11) is -0.533. The van der Waals surface area contributed by atoms with Gasteiger partial charge in [-0.3, -0.25) is 24.0 Å². The number of fused-ring (bicyclic) bond motifs is 1. The molecule has 1 saturated heterocycles. The molecule has 0 radical (unpaired) electrons. The van der Waals surface area contributed by atoms with Gasteiger partial charge in [-0.2, -0.15) is 12.6 Å². The molecule has 2 aromatic carbocycles. The van der Waals surface area contributed by atoms with Gasteiger partial charge in [0.15, 0.2) is 0 Å². The summed E-state index contributed by atoms with van der Waals surface area (Å²) in [5.41, 5.74) is 6.16. The zero-order valence-electron chi connectivity index (χ0n) is 28.3. The van der Waals surface area contributed by atoms with E-state index >= 15 is 0 Å². The Morgan fingerprint density at radius 1 is 0.980 bits per heavy atom. The number of nitrogens with one attached hydrogen (secondary N) is 4. The molecule has 7 N–H and O–H groups in total. The van der Waals surface area contributed by atoms with Crippen LogP contribution in [-0.2, 0) is 38.8 Å². The number of carboxylic acids is 1. The summed E-state index contributed by atoms with van der Waals surface area (Å²) in [6, 6.07) is 4.90. The molecule has 5 amide bonds. The van der Waals surface area contributed by atoms with Crippen LogP contribution in [0.15, 0.2) is 41.3 Å². The van der Waals surface area contributed by atoms with Crippen LogP contribution in [0.5, 0.6) is 0 Å². The number of sulfonamides is 1. The molecule has 0 aromatic heterocycles. The Balaban J connectivity index is 1.69. The largest absolute Gasteiger partial charge is 0.480 e. The molecule has 0 aliphatic carbocycles. The van der Waals surface area contributed by atoms with Crippen molar-refractivity contribution in [2.24, 2.45) is 11.7 Å². The molecular weight excluding hydrogens is 691 g/mol. The number of carbonyl (C=O) groups excluding carboxylic acids is 5. The van der Waals surface area contributed by atoms with Crippen molar-refractivity contribution in [3.63, 3.8) is 0 Å². The first kappa shape index (κ1) is 40.0. The average molecular weight is 736 g/mol. The van der Waals surface area contributed by atoms with Crippen LogP contribution in [-0.4, -0.2) is 111 Å². The topological polar surface area (TPSA) is 237 Å². The second-order valence-corrected chi connectivity index (χ2v) is 14.7. The zero-order valence-corrected chi connectivity index (χ0v) is 30.1. The first-order valence-corrected chi connectivity index (χ1v) is 18.1. The number of carboxylic acid groups (broad SMARTS) is 1. The molecule has 0 unspecified atom stereocenters. The molecule has 16 nitrogen and oxygen atoms in total. The van der Waals surface area contributed by atoms with Crippen molar-refractivity contribution in [2.75, 3.05) is 37.8 Å². The fraction of sp³-hybridized carbons (Fsp3) is 0.500. The van der Waals surface area contributed by atoms with Crippen LogP contribution >= 0.6 is 12.6 Å². The smallest absolute Gasteiger partial charge is 0.326 e. The number of nitrogens with two attached hydrogens (primary N) is 1. The predicted molar refractivity (Wildman–Crippen MR) is 189 cm³/mol. The number of aliphatic carboxylic acids is 1. The SMILES string of the molecule is CC(C)C[C@H](NC(=O)[C@@H]1CCCN1C(=O)[C@H](CC(N)=O)NC(=O)[C@H](CS)NC(=O)CNS(=O)(=O)c1cccc2c(N(C)C)cccc12)C(=O)O. The van der Waals surface area contributed by atoms with E-state index < -0.39 is 82.7 Å². The van der Waals surface area contributed by atoms with Crippen LogP contribution in [0.1, 0.15) is 39.5 Å². The van der Waals surface area contributed by atoms with Crippen molar-refractivity contribution in [1.29, 1.82) is 0 Å². The molecular formula is C32H45N7O9S2. The van der Waals surface area contributed by atoms with E-state index in [-0.39, 0.29) is 36.0 Å². The van der Waals surface area contributed by atoms with E-state index in [1.165, 1.54) is 6.07 Å². The van der Waals surface area contributed by atoms with Crippen LogP contribution < -0.4 is 31.3 Å². The normalized spacial score (nSPS) is 16.4. The van der Waals surface area contributed by atoms with Gasteiger partial charge < -0.3 is 36.6 Å². The summed E-state index contributed by atoms with van der Waals surface area (Å²) < 4.78 is 28.7. The van der Waals surface area contributed by atoms with Crippen molar-refractivity contribution in [3.8, 4) is 0 Å². The Hall–Kier alpha value is -4.42. The van der Waals surface area contributed by atoms with Gasteiger partial charge in [0.2, 0.25) is 39.6 Å². The second-order valence-electron chi connectivity index (χ2n) is 12.6. The maximum Gasteiger partial charge on any atom is 0.326 e. The maximum absolute atomic E-state index is 13.6. The van der Waals surface area contributed by atoms with Crippen molar-refractivity contribution in [3.05, 3.63) is 36.4 Å². The molecule has 274 valence electrons. The van der Waals surface area contributed by atoms with Gasteiger partial charge in [-0.25, -0.2) is 17.9 Å². The Morgan fingerprint density at radius 3 is 2.24 bits per heavy atom. The number of thiol groups is 1. The minimum absolute atomic E-state index is 0.0332. The molecule has 3 rings (SSSR count). The first-order valence-electron chi connectivity index (χ1n) is 16.0. The number of carbonyl (C=O) groups is 6. The quantitative estimate of drug-likeness (QED) is 0.104. The Kier molecular flexibility index (Phi) is 14.0. The van der Waals surface area contributed by atoms with E-state index in [9.17, 15) is 42.3 Å². The van der Waals surface area contributed by atoms with Gasteiger partial charge in [-0.05, 0) is 37.3 Å². The lowest BCUT2D eigenvalue weighted by Crippen LogP contribution is -2.58. The summed E-state index contributed by atoms with van der Waals surface area (Å²) in [6.45, 7) is 2.98. The average Bonchev–Trinajstić information content (AvgIpc) is 3.54. The number of amides is 5. The molecule has 0 bridgehead atoms. The van der Waals surface area contributed by atoms with Crippen molar-refractivity contribution >= 4 is 74.6 Å². The molecule has 1 heterocycles. The first-order chi connectivity index (χ1) is 23.5. The van der Waals surface area contributed by atoms with Crippen LogP contribution in [0.2, 0.25) is 0 Å². The monoisotopic (exact) mass is 735 g/mol. The third-order valence-electron chi connectivity index (χ3n) is 8.07. The minimum atomic E-state index is -4.19. The second kappa shape index (κ2) is 17.5. The number of likely N-dealkylation sites (tertiary alicyclic amines) is 1. The van der Waals surface area contributed by atoms with Crippen LogP contribution in [0, 0.1) is 5.92 Å². The summed E-state index contributed by atoms with van der Waals surface area (Å²) in [5, 5.41) is 17.9. The number of rotatable bonds is 17. The third-order valence-corrected chi connectivity index (χ3v) is 9.89. The lowest BCUT2D eigenvalue weighted by molar-refractivity contribution is -0.145. The lowest BCUT2D eigenvalue weighted by Gasteiger charge is -2.30. The highest BCUT2D eigenvalue weighted by atomic mass is 32.2.